The summed E-state index contributed by atoms with van der Waals surface area (Å²) in [6.45, 7) is 3.25. The molecule has 8 nitrogen and oxygen atoms in total. The second-order valence-electron chi connectivity index (χ2n) is 7.58. The Morgan fingerprint density at radius 2 is 2.00 bits per heavy atom. The van der Waals surface area contributed by atoms with E-state index in [1.54, 1.807) is 45.2 Å². The number of hydrogen-bond acceptors (Lipinski definition) is 6. The highest BCUT2D eigenvalue weighted by molar-refractivity contribution is 5.79. The van der Waals surface area contributed by atoms with Crippen LogP contribution in [0.15, 0.2) is 24.3 Å². The second kappa shape index (κ2) is 9.07. The van der Waals surface area contributed by atoms with Gasteiger partial charge in [-0.15, -0.1) is 0 Å². The number of carbonyl (C=O) groups is 1. The molecule has 0 radical (unpaired) electrons. The second-order valence-corrected chi connectivity index (χ2v) is 7.58. The molecule has 0 bridgehead atoms. The molecule has 1 fully saturated rings. The summed E-state index contributed by atoms with van der Waals surface area (Å²) >= 11 is 0. The lowest BCUT2D eigenvalue weighted by Gasteiger charge is -2.19. The van der Waals surface area contributed by atoms with Gasteiger partial charge in [0.15, 0.2) is 11.5 Å². The molecule has 29 heavy (non-hydrogen) atoms. The van der Waals surface area contributed by atoms with Gasteiger partial charge in [-0.05, 0) is 63.3 Å². The van der Waals surface area contributed by atoms with E-state index in [0.717, 1.165) is 31.4 Å². The number of benzene rings is 1. The zero-order valence-corrected chi connectivity index (χ0v) is 17.1. The zero-order chi connectivity index (χ0) is 21.0. The van der Waals surface area contributed by atoms with Crippen LogP contribution >= 0.6 is 0 Å². The monoisotopic (exact) mass is 401 g/mol. The first kappa shape index (κ1) is 20.8. The van der Waals surface area contributed by atoms with E-state index in [9.17, 15) is 14.9 Å². The smallest absolute Gasteiger partial charge is 0.247 e. The molecule has 0 spiro atoms. The van der Waals surface area contributed by atoms with Gasteiger partial charge in [0.1, 0.15) is 0 Å². The van der Waals surface area contributed by atoms with Gasteiger partial charge in [-0.3, -0.25) is 14.9 Å². The Morgan fingerprint density at radius 1 is 1.28 bits per heavy atom. The molecule has 3 rings (SSSR count). The highest BCUT2D eigenvalue weighted by Gasteiger charge is 2.26. The lowest BCUT2D eigenvalue weighted by Crippen LogP contribution is -2.22. The third-order valence-electron chi connectivity index (χ3n) is 5.29. The van der Waals surface area contributed by atoms with Crippen LogP contribution in [0, 0.1) is 24.0 Å². The molecule has 156 valence electrons. The SMILES string of the molecule is COc1ccc([C@@H](CC(=O)n2nc(C)cc2C)C[N+](=O)[O-])cc1OC1CCCC1. The van der Waals surface area contributed by atoms with E-state index < -0.39 is 5.92 Å². The Morgan fingerprint density at radius 3 is 2.59 bits per heavy atom. The number of aryl methyl sites for hydroxylation is 2. The first-order valence-electron chi connectivity index (χ1n) is 9.90. The highest BCUT2D eigenvalue weighted by Crippen LogP contribution is 2.35. The van der Waals surface area contributed by atoms with E-state index in [1.807, 2.05) is 0 Å². The minimum Gasteiger partial charge on any atom is -0.493 e. The summed E-state index contributed by atoms with van der Waals surface area (Å²) in [6, 6.07) is 7.10. The molecule has 1 aliphatic rings. The van der Waals surface area contributed by atoms with E-state index in [0.29, 0.717) is 22.8 Å². The van der Waals surface area contributed by atoms with Crippen LogP contribution in [0.3, 0.4) is 0 Å². The number of ether oxygens (including phenoxy) is 2. The molecule has 1 aliphatic carbocycles. The number of nitro groups is 1. The van der Waals surface area contributed by atoms with Crippen molar-refractivity contribution in [2.75, 3.05) is 13.7 Å². The van der Waals surface area contributed by atoms with E-state index in [2.05, 4.69) is 5.10 Å². The molecule has 1 aromatic carbocycles. The van der Waals surface area contributed by atoms with Gasteiger partial charge < -0.3 is 9.47 Å². The Kier molecular flexibility index (Phi) is 6.51. The molecule has 0 N–H and O–H groups in total. The normalized spacial score (nSPS) is 15.3. The molecule has 2 aromatic rings. The third-order valence-corrected chi connectivity index (χ3v) is 5.29. The van der Waals surface area contributed by atoms with Gasteiger partial charge in [0.25, 0.3) is 0 Å². The van der Waals surface area contributed by atoms with Crippen LogP contribution in [0.2, 0.25) is 0 Å². The first-order chi connectivity index (χ1) is 13.9. The predicted molar refractivity (Wildman–Crippen MR) is 107 cm³/mol. The number of methoxy groups -OCH3 is 1. The van der Waals surface area contributed by atoms with Crippen molar-refractivity contribution >= 4 is 5.91 Å². The van der Waals surface area contributed by atoms with Crippen LogP contribution in [0.4, 0.5) is 0 Å². The van der Waals surface area contributed by atoms with Gasteiger partial charge >= 0.3 is 0 Å². The maximum atomic E-state index is 12.8. The highest BCUT2D eigenvalue weighted by atomic mass is 16.6. The fourth-order valence-electron chi connectivity index (χ4n) is 3.87. The summed E-state index contributed by atoms with van der Waals surface area (Å²) < 4.78 is 12.8. The minimum atomic E-state index is -0.585. The average Bonchev–Trinajstić information content (AvgIpc) is 3.29. The molecular weight excluding hydrogens is 374 g/mol. The van der Waals surface area contributed by atoms with Crippen molar-refractivity contribution in [1.29, 1.82) is 0 Å². The van der Waals surface area contributed by atoms with Gasteiger partial charge in [0.05, 0.1) is 24.8 Å². The molecule has 1 saturated carbocycles. The van der Waals surface area contributed by atoms with Gasteiger partial charge in [0.2, 0.25) is 12.5 Å². The van der Waals surface area contributed by atoms with Crippen LogP contribution in [0.25, 0.3) is 0 Å². The summed E-state index contributed by atoms with van der Waals surface area (Å²) in [5.74, 6) is 0.309. The summed E-state index contributed by atoms with van der Waals surface area (Å²) in [6.07, 6.45) is 4.36. The van der Waals surface area contributed by atoms with E-state index in [4.69, 9.17) is 9.47 Å². The summed E-state index contributed by atoms with van der Waals surface area (Å²) in [7, 11) is 1.57. The molecule has 0 unspecified atom stereocenters. The van der Waals surface area contributed by atoms with Crippen molar-refractivity contribution in [2.24, 2.45) is 0 Å². The maximum Gasteiger partial charge on any atom is 0.247 e. The van der Waals surface area contributed by atoms with Crippen molar-refractivity contribution < 1.29 is 19.2 Å². The van der Waals surface area contributed by atoms with Crippen LogP contribution in [-0.4, -0.2) is 40.4 Å². The van der Waals surface area contributed by atoms with Crippen molar-refractivity contribution in [3.63, 3.8) is 0 Å². The van der Waals surface area contributed by atoms with Crippen LogP contribution in [0.5, 0.6) is 11.5 Å². The number of hydrogen-bond donors (Lipinski definition) is 0. The Hall–Kier alpha value is -2.90. The predicted octanol–water partition coefficient (Wildman–Crippen LogP) is 3.92. The van der Waals surface area contributed by atoms with Crippen molar-refractivity contribution in [3.8, 4) is 11.5 Å². The van der Waals surface area contributed by atoms with Crippen molar-refractivity contribution in [3.05, 3.63) is 51.3 Å². The Balaban J connectivity index is 1.86. The lowest BCUT2D eigenvalue weighted by molar-refractivity contribution is -0.483. The summed E-state index contributed by atoms with van der Waals surface area (Å²) in [4.78, 5) is 23.6. The molecule has 8 heteroatoms. The fourth-order valence-corrected chi connectivity index (χ4v) is 3.87. The van der Waals surface area contributed by atoms with Gasteiger partial charge in [-0.1, -0.05) is 6.07 Å². The van der Waals surface area contributed by atoms with Gasteiger partial charge in [-0.2, -0.15) is 5.10 Å². The summed E-state index contributed by atoms with van der Waals surface area (Å²) in [5.41, 5.74) is 2.14. The van der Waals surface area contributed by atoms with E-state index >= 15 is 0 Å². The molecule has 0 amide bonds. The molecule has 1 heterocycles. The maximum absolute atomic E-state index is 12.8. The number of nitrogens with zero attached hydrogens (tertiary/aromatic N) is 3. The molecule has 1 aromatic heterocycles. The van der Waals surface area contributed by atoms with Crippen LogP contribution in [-0.2, 0) is 0 Å². The van der Waals surface area contributed by atoms with E-state index in [1.165, 1.54) is 4.68 Å². The number of carbonyl (C=O) groups excluding carboxylic acids is 1. The molecule has 0 aliphatic heterocycles. The third kappa shape index (κ3) is 5.13. The summed E-state index contributed by atoms with van der Waals surface area (Å²) in [5, 5.41) is 15.5. The zero-order valence-electron chi connectivity index (χ0n) is 17.1. The van der Waals surface area contributed by atoms with Crippen molar-refractivity contribution in [2.45, 2.75) is 58.0 Å². The Bertz CT molecular complexity index is 886. The molecular formula is C21H27N3O5. The molecule has 0 saturated heterocycles. The largest absolute Gasteiger partial charge is 0.493 e. The molecule has 1 atom stereocenters. The quantitative estimate of drug-likeness (QED) is 0.491. The lowest BCUT2D eigenvalue weighted by atomic mass is 9.95. The number of rotatable bonds is 8. The standard InChI is InChI=1S/C21H27N3O5/c1-14-10-15(2)24(22-14)21(25)12-17(13-23(26)27)16-8-9-19(28-3)20(11-16)29-18-6-4-5-7-18/h8-11,17-18H,4-7,12-13H2,1-3H3/t17-/m0/s1. The first-order valence-corrected chi connectivity index (χ1v) is 9.90. The Labute approximate surface area is 170 Å². The van der Waals surface area contributed by atoms with Crippen LogP contribution < -0.4 is 9.47 Å². The van der Waals surface area contributed by atoms with E-state index in [-0.39, 0.29) is 29.9 Å². The van der Waals surface area contributed by atoms with Crippen LogP contribution in [0.1, 0.15) is 59.8 Å². The average molecular weight is 401 g/mol. The number of aromatic nitrogens is 2. The fraction of sp³-hybridized carbons (Fsp3) is 0.524. The van der Waals surface area contributed by atoms with Crippen molar-refractivity contribution in [1.82, 2.24) is 9.78 Å². The minimum absolute atomic E-state index is 0.0157. The van der Waals surface area contributed by atoms with Gasteiger partial charge in [0, 0.05) is 17.0 Å². The van der Waals surface area contributed by atoms with Gasteiger partial charge in [-0.25, -0.2) is 4.68 Å². The topological polar surface area (TPSA) is 96.5 Å².